The van der Waals surface area contributed by atoms with Crippen molar-refractivity contribution in [2.24, 2.45) is 0 Å². The van der Waals surface area contributed by atoms with E-state index >= 15 is 0 Å². The van der Waals surface area contributed by atoms with E-state index in [-0.39, 0.29) is 0 Å². The molecular weight excluding hydrogens is 246 g/mol. The lowest BCUT2D eigenvalue weighted by Crippen LogP contribution is -2.51. The number of rotatable bonds is 4. The Balaban J connectivity index is 2.74. The minimum absolute atomic E-state index is 0.739. The van der Waals surface area contributed by atoms with Gasteiger partial charge in [-0.3, -0.25) is 0 Å². The summed E-state index contributed by atoms with van der Waals surface area (Å²) in [5.74, 6) is 0. The number of hydrogen-bond acceptors (Lipinski definition) is 0. The first-order valence-corrected chi connectivity index (χ1v) is 9.66. The SMILES string of the molecule is CC(C)[Si](C(C)C)(C(C)C)n1ccc2ccccc21. The highest BCUT2D eigenvalue weighted by Crippen LogP contribution is 2.44. The molecule has 0 amide bonds. The summed E-state index contributed by atoms with van der Waals surface area (Å²) in [6, 6.07) is 11.1. The second-order valence-corrected chi connectivity index (χ2v) is 12.3. The third kappa shape index (κ3) is 2.06. The zero-order chi connectivity index (χ0) is 14.2. The number of fused-ring (bicyclic) bond motifs is 1. The average molecular weight is 273 g/mol. The maximum absolute atomic E-state index is 2.67. The van der Waals surface area contributed by atoms with E-state index in [1.54, 1.807) is 0 Å². The van der Waals surface area contributed by atoms with Gasteiger partial charge in [0.1, 0.15) is 0 Å². The fourth-order valence-electron chi connectivity index (χ4n) is 4.26. The van der Waals surface area contributed by atoms with Gasteiger partial charge in [-0.15, -0.1) is 0 Å². The predicted octanol–water partition coefficient (Wildman–Crippen LogP) is 5.66. The van der Waals surface area contributed by atoms with Gasteiger partial charge in [0.15, 0.2) is 8.24 Å². The number of para-hydroxylation sites is 1. The zero-order valence-corrected chi connectivity index (χ0v) is 14.1. The first-order chi connectivity index (χ1) is 8.92. The molecule has 1 aromatic heterocycles. The van der Waals surface area contributed by atoms with Gasteiger partial charge < -0.3 is 4.23 Å². The molecule has 2 aromatic rings. The van der Waals surface area contributed by atoms with E-state index in [9.17, 15) is 0 Å². The van der Waals surface area contributed by atoms with E-state index in [1.807, 2.05) is 0 Å². The Morgan fingerprint density at radius 1 is 0.789 bits per heavy atom. The lowest BCUT2D eigenvalue weighted by Gasteiger charge is -2.44. The first kappa shape index (κ1) is 14.4. The molecule has 19 heavy (non-hydrogen) atoms. The van der Waals surface area contributed by atoms with Gasteiger partial charge in [0.25, 0.3) is 0 Å². The zero-order valence-electron chi connectivity index (χ0n) is 13.1. The Bertz CT molecular complexity index is 529. The van der Waals surface area contributed by atoms with Gasteiger partial charge in [-0.25, -0.2) is 0 Å². The first-order valence-electron chi connectivity index (χ1n) is 7.48. The van der Waals surface area contributed by atoms with Crippen molar-refractivity contribution in [1.29, 1.82) is 0 Å². The summed E-state index contributed by atoms with van der Waals surface area (Å²) in [5.41, 5.74) is 3.64. The highest BCUT2D eigenvalue weighted by molar-refractivity contribution is 6.82. The van der Waals surface area contributed by atoms with Crippen molar-refractivity contribution in [3.63, 3.8) is 0 Å². The summed E-state index contributed by atoms with van der Waals surface area (Å²) in [7, 11) is -1.60. The van der Waals surface area contributed by atoms with Crippen LogP contribution in [0.3, 0.4) is 0 Å². The molecule has 0 aliphatic rings. The smallest absolute Gasteiger partial charge is 0.169 e. The van der Waals surface area contributed by atoms with E-state index in [0.29, 0.717) is 0 Å². The molecule has 1 heterocycles. The Morgan fingerprint density at radius 2 is 1.32 bits per heavy atom. The molecule has 0 N–H and O–H groups in total. The third-order valence-electron chi connectivity index (χ3n) is 4.79. The minimum Gasteiger partial charge on any atom is -0.373 e. The third-order valence-corrected chi connectivity index (χ3v) is 11.6. The van der Waals surface area contributed by atoms with Crippen LogP contribution >= 0.6 is 0 Å². The molecule has 104 valence electrons. The summed E-state index contributed by atoms with van der Waals surface area (Å²) < 4.78 is 2.67. The quantitative estimate of drug-likeness (QED) is 0.633. The van der Waals surface area contributed by atoms with Crippen molar-refractivity contribution >= 4 is 19.1 Å². The van der Waals surface area contributed by atoms with E-state index in [2.05, 4.69) is 82.3 Å². The van der Waals surface area contributed by atoms with E-state index < -0.39 is 8.24 Å². The maximum Gasteiger partial charge on any atom is 0.169 e. The van der Waals surface area contributed by atoms with Crippen LogP contribution in [0.4, 0.5) is 0 Å². The van der Waals surface area contributed by atoms with Crippen molar-refractivity contribution in [3.8, 4) is 0 Å². The van der Waals surface area contributed by atoms with Gasteiger partial charge in [0, 0.05) is 5.52 Å². The van der Waals surface area contributed by atoms with Crippen LogP contribution in [0.5, 0.6) is 0 Å². The van der Waals surface area contributed by atoms with E-state index in [0.717, 1.165) is 16.6 Å². The Labute approximate surface area is 118 Å². The monoisotopic (exact) mass is 273 g/mol. The molecule has 0 atom stereocenters. The molecule has 2 heteroatoms. The number of nitrogens with zero attached hydrogens (tertiary/aromatic N) is 1. The van der Waals surface area contributed by atoms with Crippen molar-refractivity contribution in [3.05, 3.63) is 36.5 Å². The van der Waals surface area contributed by atoms with Crippen LogP contribution in [-0.2, 0) is 0 Å². The molecule has 0 aliphatic carbocycles. The van der Waals surface area contributed by atoms with Crippen molar-refractivity contribution in [2.75, 3.05) is 0 Å². The van der Waals surface area contributed by atoms with Gasteiger partial charge in [0.05, 0.1) is 0 Å². The van der Waals surface area contributed by atoms with Crippen LogP contribution in [0.25, 0.3) is 10.9 Å². The molecule has 0 spiro atoms. The van der Waals surface area contributed by atoms with Gasteiger partial charge in [-0.05, 0) is 40.3 Å². The molecule has 2 rings (SSSR count). The highest BCUT2D eigenvalue weighted by atomic mass is 28.3. The molecule has 0 fully saturated rings. The molecule has 0 saturated carbocycles. The molecule has 0 unspecified atom stereocenters. The maximum atomic E-state index is 2.67. The van der Waals surface area contributed by atoms with Crippen molar-refractivity contribution in [2.45, 2.75) is 58.2 Å². The topological polar surface area (TPSA) is 4.93 Å². The van der Waals surface area contributed by atoms with Crippen LogP contribution in [0.2, 0.25) is 16.6 Å². The molecule has 1 nitrogen and oxygen atoms in total. The molecule has 1 aromatic carbocycles. The van der Waals surface area contributed by atoms with Gasteiger partial charge in [-0.1, -0.05) is 59.7 Å². The van der Waals surface area contributed by atoms with Crippen LogP contribution < -0.4 is 0 Å². The predicted molar refractivity (Wildman–Crippen MR) is 88.4 cm³/mol. The summed E-state index contributed by atoms with van der Waals surface area (Å²) in [4.78, 5) is 0. The summed E-state index contributed by atoms with van der Waals surface area (Å²) in [6.07, 6.45) is 2.34. The van der Waals surface area contributed by atoms with Gasteiger partial charge >= 0.3 is 0 Å². The fraction of sp³-hybridized carbons (Fsp3) is 0.529. The normalized spacial score (nSPS) is 13.1. The van der Waals surface area contributed by atoms with E-state index in [4.69, 9.17) is 0 Å². The molecule has 0 radical (unpaired) electrons. The second-order valence-electron chi connectivity index (χ2n) is 6.60. The summed E-state index contributed by atoms with van der Waals surface area (Å²) >= 11 is 0. The van der Waals surface area contributed by atoms with Crippen molar-refractivity contribution < 1.29 is 0 Å². The molecular formula is C17H27NSi. The lowest BCUT2D eigenvalue weighted by atomic mass is 10.3. The van der Waals surface area contributed by atoms with Gasteiger partial charge in [-0.2, -0.15) is 0 Å². The number of hydrogen-bond donors (Lipinski definition) is 0. The van der Waals surface area contributed by atoms with Crippen LogP contribution in [-0.4, -0.2) is 12.5 Å². The second kappa shape index (κ2) is 5.16. The number of aromatic nitrogens is 1. The minimum atomic E-state index is -1.60. The van der Waals surface area contributed by atoms with Gasteiger partial charge in [0.2, 0.25) is 0 Å². The standard InChI is InChI=1S/C17H27NSi/c1-13(2)19(14(3)4,15(5)6)18-12-11-16-9-7-8-10-17(16)18/h7-15H,1-6H3. The fourth-order valence-corrected chi connectivity index (χ4v) is 10.9. The summed E-state index contributed by atoms with van der Waals surface area (Å²) in [5, 5.41) is 1.38. The average Bonchev–Trinajstić information content (AvgIpc) is 2.73. The largest absolute Gasteiger partial charge is 0.373 e. The van der Waals surface area contributed by atoms with Crippen molar-refractivity contribution in [1.82, 2.24) is 4.23 Å². The Kier molecular flexibility index (Phi) is 3.91. The lowest BCUT2D eigenvalue weighted by molar-refractivity contribution is 0.773. The van der Waals surface area contributed by atoms with Crippen LogP contribution in [0.1, 0.15) is 41.5 Å². The molecule has 0 aliphatic heterocycles. The molecule has 0 saturated heterocycles. The molecule has 0 bridgehead atoms. The highest BCUT2D eigenvalue weighted by Gasteiger charge is 2.45. The Morgan fingerprint density at radius 3 is 1.84 bits per heavy atom. The summed E-state index contributed by atoms with van der Waals surface area (Å²) in [6.45, 7) is 14.5. The van der Waals surface area contributed by atoms with Crippen LogP contribution in [0.15, 0.2) is 36.5 Å². The van der Waals surface area contributed by atoms with E-state index in [1.165, 1.54) is 10.9 Å². The van der Waals surface area contributed by atoms with Crippen LogP contribution in [0, 0.1) is 0 Å². The Hall–Kier alpha value is -1.02. The number of benzene rings is 1.